The van der Waals surface area contributed by atoms with E-state index in [1.807, 2.05) is 61.5 Å². The monoisotopic (exact) mass is 451 g/mol. The molecule has 7 heteroatoms. The average molecular weight is 452 g/mol. The zero-order valence-corrected chi connectivity index (χ0v) is 18.7. The second kappa shape index (κ2) is 10.0. The fourth-order valence-corrected chi connectivity index (χ4v) is 4.28. The number of nitrogens with one attached hydrogen (secondary N) is 1. The second-order valence-corrected chi connectivity index (χ2v) is 8.60. The van der Waals surface area contributed by atoms with Crippen LogP contribution in [0.25, 0.3) is 0 Å². The molecule has 2 heterocycles. The lowest BCUT2D eigenvalue weighted by Crippen LogP contribution is -2.47. The number of aryl methyl sites for hydroxylation is 1. The van der Waals surface area contributed by atoms with Crippen LogP contribution in [0.4, 0.5) is 0 Å². The van der Waals surface area contributed by atoms with Crippen molar-refractivity contribution >= 4 is 23.4 Å². The number of benzene rings is 2. The number of hydrogen-bond acceptors (Lipinski definition) is 4. The van der Waals surface area contributed by atoms with Crippen LogP contribution in [0.5, 0.6) is 0 Å². The van der Waals surface area contributed by atoms with Crippen LogP contribution in [0, 0.1) is 6.92 Å². The zero-order valence-electron chi connectivity index (χ0n) is 18.0. The van der Waals surface area contributed by atoms with E-state index in [1.165, 1.54) is 0 Å². The van der Waals surface area contributed by atoms with E-state index in [9.17, 15) is 9.59 Å². The minimum Gasteiger partial charge on any atom is -0.361 e. The summed E-state index contributed by atoms with van der Waals surface area (Å²) >= 11 is 6.06. The number of aromatic nitrogens is 1. The molecule has 0 bridgehead atoms. The van der Waals surface area contributed by atoms with Crippen LogP contribution in [0.15, 0.2) is 65.2 Å². The van der Waals surface area contributed by atoms with Gasteiger partial charge in [0.2, 0.25) is 11.8 Å². The number of amides is 2. The Bertz CT molecular complexity index is 1070. The van der Waals surface area contributed by atoms with E-state index in [1.54, 1.807) is 11.0 Å². The predicted octanol–water partition coefficient (Wildman–Crippen LogP) is 4.27. The van der Waals surface area contributed by atoms with Gasteiger partial charge in [0, 0.05) is 17.6 Å². The Morgan fingerprint density at radius 3 is 2.62 bits per heavy atom. The van der Waals surface area contributed by atoms with E-state index < -0.39 is 6.04 Å². The molecule has 166 valence electrons. The molecule has 0 aliphatic carbocycles. The van der Waals surface area contributed by atoms with Gasteiger partial charge in [-0.25, -0.2) is 0 Å². The molecule has 1 N–H and O–H groups in total. The fourth-order valence-electron chi connectivity index (χ4n) is 4.15. The topological polar surface area (TPSA) is 75.4 Å². The van der Waals surface area contributed by atoms with Crippen molar-refractivity contribution in [3.05, 3.63) is 88.3 Å². The summed E-state index contributed by atoms with van der Waals surface area (Å²) in [6.45, 7) is 2.38. The van der Waals surface area contributed by atoms with Gasteiger partial charge in [0.25, 0.3) is 0 Å². The van der Waals surface area contributed by atoms with Gasteiger partial charge < -0.3 is 14.7 Å². The lowest BCUT2D eigenvalue weighted by Gasteiger charge is -2.27. The van der Waals surface area contributed by atoms with E-state index in [-0.39, 0.29) is 24.3 Å². The van der Waals surface area contributed by atoms with E-state index >= 15 is 0 Å². The molecule has 1 aliphatic heterocycles. The molecule has 0 unspecified atom stereocenters. The zero-order chi connectivity index (χ0) is 22.5. The van der Waals surface area contributed by atoms with Crippen molar-refractivity contribution in [3.63, 3.8) is 0 Å². The van der Waals surface area contributed by atoms with Crippen molar-refractivity contribution in [2.45, 2.75) is 44.7 Å². The first-order chi connectivity index (χ1) is 15.5. The molecule has 2 amide bonds. The molecule has 2 aromatic carbocycles. The summed E-state index contributed by atoms with van der Waals surface area (Å²) in [5.41, 5.74) is 2.82. The van der Waals surface area contributed by atoms with E-state index in [2.05, 4.69) is 10.5 Å². The lowest BCUT2D eigenvalue weighted by molar-refractivity contribution is -0.138. The van der Waals surface area contributed by atoms with Gasteiger partial charge in [0.1, 0.15) is 11.8 Å². The molecule has 1 saturated heterocycles. The van der Waals surface area contributed by atoms with Crippen LogP contribution in [0.3, 0.4) is 0 Å². The SMILES string of the molecule is Cc1cc(CC(=O)N2CCC[C@H]2C(=O)N[C@@H](Cc2ccccc2)c2ccc(Cl)cc2)on1. The summed E-state index contributed by atoms with van der Waals surface area (Å²) < 4.78 is 5.18. The Balaban J connectivity index is 1.48. The number of carbonyl (C=O) groups excluding carboxylic acids is 2. The maximum Gasteiger partial charge on any atom is 0.243 e. The molecule has 32 heavy (non-hydrogen) atoms. The highest BCUT2D eigenvalue weighted by atomic mass is 35.5. The van der Waals surface area contributed by atoms with Crippen molar-refractivity contribution in [1.29, 1.82) is 0 Å². The summed E-state index contributed by atoms with van der Waals surface area (Å²) in [5.74, 6) is 0.257. The van der Waals surface area contributed by atoms with Crippen LogP contribution in [-0.4, -0.2) is 34.5 Å². The highest BCUT2D eigenvalue weighted by Gasteiger charge is 2.35. The number of likely N-dealkylation sites (tertiary alicyclic amines) is 1. The molecule has 1 aromatic heterocycles. The summed E-state index contributed by atoms with van der Waals surface area (Å²) in [6, 6.07) is 18.6. The Kier molecular flexibility index (Phi) is 6.90. The van der Waals surface area contributed by atoms with Crippen molar-refractivity contribution in [1.82, 2.24) is 15.4 Å². The van der Waals surface area contributed by atoms with Crippen LogP contribution < -0.4 is 5.32 Å². The minimum absolute atomic E-state index is 0.106. The maximum atomic E-state index is 13.3. The highest BCUT2D eigenvalue weighted by molar-refractivity contribution is 6.30. The van der Waals surface area contributed by atoms with Crippen LogP contribution in [0.1, 0.15) is 41.5 Å². The number of rotatable bonds is 7. The largest absolute Gasteiger partial charge is 0.361 e. The first kappa shape index (κ1) is 22.1. The van der Waals surface area contributed by atoms with Gasteiger partial charge in [-0.2, -0.15) is 0 Å². The van der Waals surface area contributed by atoms with Crippen molar-refractivity contribution < 1.29 is 14.1 Å². The number of hydrogen-bond donors (Lipinski definition) is 1. The Labute approximate surface area is 192 Å². The van der Waals surface area contributed by atoms with Crippen LogP contribution in [-0.2, 0) is 22.4 Å². The molecule has 4 rings (SSSR count). The van der Waals surface area contributed by atoms with E-state index in [4.69, 9.17) is 16.1 Å². The second-order valence-electron chi connectivity index (χ2n) is 8.16. The maximum absolute atomic E-state index is 13.3. The third kappa shape index (κ3) is 5.37. The minimum atomic E-state index is -0.489. The van der Waals surface area contributed by atoms with Gasteiger partial charge in [-0.1, -0.05) is 59.2 Å². The molecular formula is C25H26ClN3O3. The van der Waals surface area contributed by atoms with Crippen LogP contribution >= 0.6 is 11.6 Å². The Hall–Kier alpha value is -3.12. The van der Waals surface area contributed by atoms with E-state index in [0.717, 1.165) is 23.2 Å². The number of halogens is 1. The molecule has 0 spiro atoms. The van der Waals surface area contributed by atoms with E-state index in [0.29, 0.717) is 30.2 Å². The quantitative estimate of drug-likeness (QED) is 0.582. The fraction of sp³-hybridized carbons (Fsp3) is 0.320. The molecule has 1 fully saturated rings. The lowest BCUT2D eigenvalue weighted by atomic mass is 9.98. The summed E-state index contributed by atoms with van der Waals surface area (Å²) in [7, 11) is 0. The molecule has 0 radical (unpaired) electrons. The molecule has 0 saturated carbocycles. The molecule has 2 atom stereocenters. The summed E-state index contributed by atoms with van der Waals surface area (Å²) in [5, 5.41) is 7.67. The molecular weight excluding hydrogens is 426 g/mol. The molecule has 6 nitrogen and oxygen atoms in total. The smallest absolute Gasteiger partial charge is 0.243 e. The molecule has 3 aromatic rings. The predicted molar refractivity (Wildman–Crippen MR) is 122 cm³/mol. The van der Waals surface area contributed by atoms with Crippen LogP contribution in [0.2, 0.25) is 5.02 Å². The average Bonchev–Trinajstić information content (AvgIpc) is 3.44. The Morgan fingerprint density at radius 1 is 1.19 bits per heavy atom. The van der Waals surface area contributed by atoms with Gasteiger partial charge >= 0.3 is 0 Å². The first-order valence-corrected chi connectivity index (χ1v) is 11.2. The normalized spacial score (nSPS) is 16.7. The third-order valence-electron chi connectivity index (χ3n) is 5.75. The number of carbonyl (C=O) groups is 2. The van der Waals surface area contributed by atoms with Crippen molar-refractivity contribution in [2.75, 3.05) is 6.54 Å². The molecule has 1 aliphatic rings. The van der Waals surface area contributed by atoms with Crippen molar-refractivity contribution in [3.8, 4) is 0 Å². The van der Waals surface area contributed by atoms with Gasteiger partial charge in [-0.3, -0.25) is 9.59 Å². The van der Waals surface area contributed by atoms with Gasteiger partial charge in [0.15, 0.2) is 0 Å². The summed E-state index contributed by atoms with van der Waals surface area (Å²) in [4.78, 5) is 27.8. The first-order valence-electron chi connectivity index (χ1n) is 10.8. The summed E-state index contributed by atoms with van der Waals surface area (Å²) in [6.07, 6.45) is 2.19. The van der Waals surface area contributed by atoms with Crippen molar-refractivity contribution in [2.24, 2.45) is 0 Å². The third-order valence-corrected chi connectivity index (χ3v) is 6.00. The van der Waals surface area contributed by atoms with Gasteiger partial charge in [-0.05, 0) is 49.4 Å². The standard InChI is InChI=1S/C25H26ClN3O3/c1-17-14-21(32-28-17)16-24(30)29-13-5-8-23(29)25(31)27-22(15-18-6-3-2-4-7-18)19-9-11-20(26)12-10-19/h2-4,6-7,9-12,14,22-23H,5,8,13,15-16H2,1H3,(H,27,31)/t22-,23-/m0/s1. The van der Waals surface area contributed by atoms with Gasteiger partial charge in [-0.15, -0.1) is 0 Å². The Morgan fingerprint density at radius 2 is 1.94 bits per heavy atom. The highest BCUT2D eigenvalue weighted by Crippen LogP contribution is 2.24. The van der Waals surface area contributed by atoms with Gasteiger partial charge in [0.05, 0.1) is 18.2 Å². The number of nitrogens with zero attached hydrogens (tertiary/aromatic N) is 2.